The van der Waals surface area contributed by atoms with E-state index in [0.717, 1.165) is 0 Å². The highest BCUT2D eigenvalue weighted by molar-refractivity contribution is 9.10. The molecule has 0 radical (unpaired) electrons. The molecular formula is C11H13BrN2O. The van der Waals surface area contributed by atoms with Gasteiger partial charge in [0.2, 0.25) is 5.91 Å². The Morgan fingerprint density at radius 2 is 2.33 bits per heavy atom. The number of amides is 1. The number of halogens is 1. The van der Waals surface area contributed by atoms with Crippen LogP contribution in [-0.2, 0) is 4.79 Å². The molecule has 0 bridgehead atoms. The van der Waals surface area contributed by atoms with Crippen molar-refractivity contribution in [2.75, 3.05) is 5.32 Å². The number of nitrogens with one attached hydrogen (secondary N) is 1. The molecule has 0 aliphatic heterocycles. The van der Waals surface area contributed by atoms with Crippen LogP contribution in [0.3, 0.4) is 0 Å². The minimum Gasteiger partial charge on any atom is -0.310 e. The highest BCUT2D eigenvalue weighted by Crippen LogP contribution is 2.39. The highest BCUT2D eigenvalue weighted by atomic mass is 79.9. The van der Waals surface area contributed by atoms with Gasteiger partial charge in [-0.15, -0.1) is 0 Å². The Morgan fingerprint density at radius 1 is 1.60 bits per heavy atom. The number of carbonyl (C=O) groups is 1. The van der Waals surface area contributed by atoms with Gasteiger partial charge in [-0.3, -0.25) is 4.79 Å². The quantitative estimate of drug-likeness (QED) is 0.857. The minimum absolute atomic E-state index is 0.0679. The molecule has 1 unspecified atom stereocenters. The zero-order valence-electron chi connectivity index (χ0n) is 8.53. The summed E-state index contributed by atoms with van der Waals surface area (Å²) in [6, 6.07) is 3.90. The predicted molar refractivity (Wildman–Crippen MR) is 63.2 cm³/mol. The van der Waals surface area contributed by atoms with Gasteiger partial charge in [0.15, 0.2) is 0 Å². The molecule has 0 aromatic carbocycles. The lowest BCUT2D eigenvalue weighted by Crippen LogP contribution is -2.20. The fourth-order valence-electron chi connectivity index (χ4n) is 1.36. The molecule has 1 fully saturated rings. The molecule has 3 nitrogen and oxygen atoms in total. The molecule has 1 saturated carbocycles. The van der Waals surface area contributed by atoms with Crippen LogP contribution in [0.1, 0.15) is 31.2 Å². The predicted octanol–water partition coefficient (Wildman–Crippen LogP) is 2.68. The van der Waals surface area contributed by atoms with E-state index in [4.69, 9.17) is 0 Å². The molecule has 1 aliphatic carbocycles. The summed E-state index contributed by atoms with van der Waals surface area (Å²) in [5.74, 6) is 1.26. The van der Waals surface area contributed by atoms with Crippen LogP contribution in [0, 0.1) is 0 Å². The topological polar surface area (TPSA) is 42.0 Å². The number of hydrogen-bond donors (Lipinski definition) is 1. The van der Waals surface area contributed by atoms with Crippen LogP contribution in [0.25, 0.3) is 0 Å². The maximum atomic E-state index is 11.3. The van der Waals surface area contributed by atoms with Crippen LogP contribution in [-0.4, -0.2) is 15.7 Å². The van der Waals surface area contributed by atoms with Crippen LogP contribution >= 0.6 is 15.9 Å². The lowest BCUT2D eigenvalue weighted by molar-refractivity contribution is -0.115. The van der Waals surface area contributed by atoms with Gasteiger partial charge in [0, 0.05) is 6.20 Å². The van der Waals surface area contributed by atoms with E-state index < -0.39 is 0 Å². The Balaban J connectivity index is 2.00. The maximum absolute atomic E-state index is 11.3. The summed E-state index contributed by atoms with van der Waals surface area (Å²) in [5.41, 5.74) is 1.28. The molecule has 1 aliphatic rings. The molecule has 15 heavy (non-hydrogen) atoms. The van der Waals surface area contributed by atoms with Gasteiger partial charge in [0.1, 0.15) is 5.82 Å². The smallest absolute Gasteiger partial charge is 0.239 e. The molecule has 1 amide bonds. The van der Waals surface area contributed by atoms with Crippen molar-refractivity contribution in [1.29, 1.82) is 0 Å². The SMILES string of the molecule is CC(Br)C(=O)Nc1ccc(C2CC2)cn1. The first-order chi connectivity index (χ1) is 7.16. The number of alkyl halides is 1. The van der Waals surface area contributed by atoms with Gasteiger partial charge in [-0.25, -0.2) is 4.98 Å². The first kappa shape index (κ1) is 10.6. The van der Waals surface area contributed by atoms with Crippen molar-refractivity contribution >= 4 is 27.7 Å². The Bertz CT molecular complexity index is 357. The van der Waals surface area contributed by atoms with E-state index in [1.54, 1.807) is 6.92 Å². The number of hydrogen-bond acceptors (Lipinski definition) is 2. The number of carbonyl (C=O) groups excluding carboxylic acids is 1. The van der Waals surface area contributed by atoms with Gasteiger partial charge in [-0.2, -0.15) is 0 Å². The maximum Gasteiger partial charge on any atom is 0.239 e. The number of pyridine rings is 1. The minimum atomic E-state index is -0.192. The van der Waals surface area contributed by atoms with Gasteiger partial charge < -0.3 is 5.32 Å². The van der Waals surface area contributed by atoms with E-state index >= 15 is 0 Å². The third kappa shape index (κ3) is 2.78. The monoisotopic (exact) mass is 268 g/mol. The normalized spacial score (nSPS) is 17.2. The fourth-order valence-corrected chi connectivity index (χ4v) is 1.48. The van der Waals surface area contributed by atoms with Crippen molar-refractivity contribution < 1.29 is 4.79 Å². The zero-order valence-corrected chi connectivity index (χ0v) is 10.1. The van der Waals surface area contributed by atoms with Crippen molar-refractivity contribution in [1.82, 2.24) is 4.98 Å². The second-order valence-corrected chi connectivity index (χ2v) is 5.23. The first-order valence-corrected chi connectivity index (χ1v) is 5.99. The average Bonchev–Trinajstić information content (AvgIpc) is 3.02. The third-order valence-electron chi connectivity index (χ3n) is 2.45. The molecule has 1 heterocycles. The van der Waals surface area contributed by atoms with Crippen LogP contribution in [0.4, 0.5) is 5.82 Å². The van der Waals surface area contributed by atoms with Crippen LogP contribution in [0.2, 0.25) is 0 Å². The molecule has 1 N–H and O–H groups in total. The molecule has 0 spiro atoms. The van der Waals surface area contributed by atoms with Gasteiger partial charge in [0.05, 0.1) is 4.83 Å². The van der Waals surface area contributed by atoms with Crippen molar-refractivity contribution in [2.45, 2.75) is 30.5 Å². The molecule has 1 aromatic heterocycles. The number of anilines is 1. The summed E-state index contributed by atoms with van der Waals surface area (Å²) in [4.78, 5) is 15.4. The Kier molecular flexibility index (Phi) is 3.05. The number of rotatable bonds is 3. The number of nitrogens with zero attached hydrogens (tertiary/aromatic N) is 1. The first-order valence-electron chi connectivity index (χ1n) is 5.07. The van der Waals surface area contributed by atoms with E-state index in [-0.39, 0.29) is 10.7 Å². The lowest BCUT2D eigenvalue weighted by Gasteiger charge is -2.06. The molecular weight excluding hydrogens is 256 g/mol. The molecule has 80 valence electrons. The Labute approximate surface area is 97.4 Å². The Morgan fingerprint density at radius 3 is 2.80 bits per heavy atom. The summed E-state index contributed by atoms with van der Waals surface area (Å²) in [7, 11) is 0. The summed E-state index contributed by atoms with van der Waals surface area (Å²) in [6.07, 6.45) is 4.39. The van der Waals surface area contributed by atoms with Gasteiger partial charge >= 0.3 is 0 Å². The highest BCUT2D eigenvalue weighted by Gasteiger charge is 2.23. The van der Waals surface area contributed by atoms with E-state index in [9.17, 15) is 4.79 Å². The van der Waals surface area contributed by atoms with Crippen LogP contribution < -0.4 is 5.32 Å². The van der Waals surface area contributed by atoms with E-state index in [0.29, 0.717) is 11.7 Å². The summed E-state index contributed by atoms with van der Waals surface area (Å²) < 4.78 is 0. The average molecular weight is 269 g/mol. The van der Waals surface area contributed by atoms with Crippen molar-refractivity contribution in [2.24, 2.45) is 0 Å². The van der Waals surface area contributed by atoms with E-state index in [2.05, 4.69) is 26.2 Å². The van der Waals surface area contributed by atoms with E-state index in [1.807, 2.05) is 18.3 Å². The second kappa shape index (κ2) is 4.31. The molecule has 1 atom stereocenters. The second-order valence-electron chi connectivity index (χ2n) is 3.86. The molecule has 2 rings (SSSR count). The van der Waals surface area contributed by atoms with Crippen molar-refractivity contribution in [3.05, 3.63) is 23.9 Å². The fraction of sp³-hybridized carbons (Fsp3) is 0.455. The Hall–Kier alpha value is -0.900. The largest absolute Gasteiger partial charge is 0.310 e. The molecule has 1 aromatic rings. The van der Waals surface area contributed by atoms with Crippen molar-refractivity contribution in [3.8, 4) is 0 Å². The third-order valence-corrected chi connectivity index (χ3v) is 2.86. The van der Waals surface area contributed by atoms with Crippen LogP contribution in [0.5, 0.6) is 0 Å². The molecule has 0 saturated heterocycles. The lowest BCUT2D eigenvalue weighted by atomic mass is 10.2. The summed E-state index contributed by atoms with van der Waals surface area (Å²) in [6.45, 7) is 1.79. The summed E-state index contributed by atoms with van der Waals surface area (Å²) in [5, 5.41) is 2.73. The zero-order chi connectivity index (χ0) is 10.8. The van der Waals surface area contributed by atoms with Gasteiger partial charge in [-0.1, -0.05) is 22.0 Å². The molecule has 4 heteroatoms. The van der Waals surface area contributed by atoms with Crippen molar-refractivity contribution in [3.63, 3.8) is 0 Å². The van der Waals surface area contributed by atoms with Gasteiger partial charge in [-0.05, 0) is 37.3 Å². The standard InChI is InChI=1S/C11H13BrN2O/c1-7(12)11(15)14-10-5-4-9(6-13-10)8-2-3-8/h4-8H,2-3H2,1H3,(H,13,14,15). The number of aromatic nitrogens is 1. The van der Waals surface area contributed by atoms with Crippen LogP contribution in [0.15, 0.2) is 18.3 Å². The summed E-state index contributed by atoms with van der Waals surface area (Å²) >= 11 is 3.21. The van der Waals surface area contributed by atoms with Gasteiger partial charge in [0.25, 0.3) is 0 Å². The van der Waals surface area contributed by atoms with E-state index in [1.165, 1.54) is 18.4 Å².